The van der Waals surface area contributed by atoms with E-state index in [2.05, 4.69) is 44.6 Å². The van der Waals surface area contributed by atoms with Gasteiger partial charge in [-0.25, -0.2) is 4.98 Å². The Morgan fingerprint density at radius 2 is 1.71 bits per heavy atom. The zero-order valence-electron chi connectivity index (χ0n) is 17.9. The maximum absolute atomic E-state index is 5.39. The lowest BCUT2D eigenvalue weighted by molar-refractivity contribution is 0.353. The molecule has 0 bridgehead atoms. The van der Waals surface area contributed by atoms with E-state index in [9.17, 15) is 0 Å². The number of methoxy groups -OCH3 is 3. The van der Waals surface area contributed by atoms with Crippen molar-refractivity contribution in [1.82, 2.24) is 24.7 Å². The molecule has 0 aliphatic heterocycles. The van der Waals surface area contributed by atoms with Crippen LogP contribution in [0, 0.1) is 6.92 Å². The summed E-state index contributed by atoms with van der Waals surface area (Å²) >= 11 is 0. The topological polar surface area (TPSA) is 84.2 Å². The van der Waals surface area contributed by atoms with Crippen molar-refractivity contribution >= 4 is 0 Å². The highest BCUT2D eigenvalue weighted by Crippen LogP contribution is 2.29. The zero-order chi connectivity index (χ0) is 21.8. The van der Waals surface area contributed by atoms with Crippen LogP contribution in [0.2, 0.25) is 0 Å². The summed E-state index contributed by atoms with van der Waals surface area (Å²) in [6.45, 7) is 1.93. The van der Waals surface area contributed by atoms with E-state index in [1.165, 1.54) is 18.2 Å². The molecule has 4 rings (SSSR count). The normalized spacial score (nSPS) is 10.7. The standard InChI is InChI=1S/C23H23N5O3/c1-15-21(12-20(27-26-15)19-13-24-23(31-4)25-22(19)30-3)28-10-9-17(14-28)11-16-5-7-18(29-2)8-6-16/h5-10,12-14H,11H2,1-4H3. The van der Waals surface area contributed by atoms with Gasteiger partial charge in [-0.3, -0.25) is 0 Å². The highest BCUT2D eigenvalue weighted by atomic mass is 16.5. The Bertz CT molecular complexity index is 1190. The van der Waals surface area contributed by atoms with Crippen molar-refractivity contribution in [3.8, 4) is 34.6 Å². The van der Waals surface area contributed by atoms with Crippen LogP contribution in [0.5, 0.6) is 17.6 Å². The number of hydrogen-bond donors (Lipinski definition) is 0. The Balaban J connectivity index is 1.63. The van der Waals surface area contributed by atoms with Gasteiger partial charge < -0.3 is 18.8 Å². The first-order valence-electron chi connectivity index (χ1n) is 9.71. The quantitative estimate of drug-likeness (QED) is 0.454. The number of benzene rings is 1. The van der Waals surface area contributed by atoms with Gasteiger partial charge in [-0.15, -0.1) is 5.10 Å². The van der Waals surface area contributed by atoms with Gasteiger partial charge in [0.1, 0.15) is 11.4 Å². The van der Waals surface area contributed by atoms with Gasteiger partial charge in [0.2, 0.25) is 5.88 Å². The average molecular weight is 417 g/mol. The van der Waals surface area contributed by atoms with Crippen LogP contribution in [0.4, 0.5) is 0 Å². The molecular formula is C23H23N5O3. The first kappa shape index (κ1) is 20.3. The number of ether oxygens (including phenoxy) is 3. The second-order valence-corrected chi connectivity index (χ2v) is 6.93. The maximum Gasteiger partial charge on any atom is 0.319 e. The first-order chi connectivity index (χ1) is 15.1. The minimum Gasteiger partial charge on any atom is -0.497 e. The molecule has 0 saturated heterocycles. The Labute approximate surface area is 180 Å². The predicted molar refractivity (Wildman–Crippen MR) is 116 cm³/mol. The molecule has 0 N–H and O–H groups in total. The molecule has 8 heteroatoms. The monoisotopic (exact) mass is 417 g/mol. The van der Waals surface area contributed by atoms with Crippen LogP contribution in [0.25, 0.3) is 16.9 Å². The van der Waals surface area contributed by atoms with Gasteiger partial charge in [0.25, 0.3) is 0 Å². The SMILES string of the molecule is COc1ccc(Cc2ccn(-c3cc(-c4cnc(OC)nc4OC)nnc3C)c2)cc1. The third-order valence-electron chi connectivity index (χ3n) is 4.94. The number of aromatic nitrogens is 5. The van der Waals surface area contributed by atoms with Crippen LogP contribution in [0.15, 0.2) is 55.0 Å². The summed E-state index contributed by atoms with van der Waals surface area (Å²) in [5.74, 6) is 1.23. The van der Waals surface area contributed by atoms with Gasteiger partial charge in [0, 0.05) is 18.6 Å². The van der Waals surface area contributed by atoms with E-state index >= 15 is 0 Å². The molecule has 0 fully saturated rings. The largest absolute Gasteiger partial charge is 0.497 e. The van der Waals surface area contributed by atoms with E-state index in [4.69, 9.17) is 14.2 Å². The smallest absolute Gasteiger partial charge is 0.319 e. The summed E-state index contributed by atoms with van der Waals surface area (Å²) in [6, 6.07) is 12.4. The van der Waals surface area contributed by atoms with E-state index in [0.717, 1.165) is 23.6 Å². The Morgan fingerprint density at radius 3 is 2.42 bits per heavy atom. The lowest BCUT2D eigenvalue weighted by atomic mass is 10.1. The summed E-state index contributed by atoms with van der Waals surface area (Å²) in [6.07, 6.45) is 6.56. The van der Waals surface area contributed by atoms with Crippen LogP contribution in [0.1, 0.15) is 16.8 Å². The molecule has 0 aliphatic carbocycles. The van der Waals surface area contributed by atoms with E-state index in [1.807, 2.05) is 35.9 Å². The van der Waals surface area contributed by atoms with Gasteiger partial charge in [-0.2, -0.15) is 10.1 Å². The third-order valence-corrected chi connectivity index (χ3v) is 4.94. The Hall–Kier alpha value is -3.94. The molecule has 1 aromatic carbocycles. The summed E-state index contributed by atoms with van der Waals surface area (Å²) < 4.78 is 17.7. The van der Waals surface area contributed by atoms with Crippen molar-refractivity contribution in [1.29, 1.82) is 0 Å². The van der Waals surface area contributed by atoms with Gasteiger partial charge in [-0.05, 0) is 48.7 Å². The van der Waals surface area contributed by atoms with Crippen molar-refractivity contribution in [3.63, 3.8) is 0 Å². The molecule has 0 spiro atoms. The molecule has 0 aliphatic rings. The number of nitrogens with zero attached hydrogens (tertiary/aromatic N) is 5. The Kier molecular flexibility index (Phi) is 5.79. The molecule has 31 heavy (non-hydrogen) atoms. The second-order valence-electron chi connectivity index (χ2n) is 6.93. The van der Waals surface area contributed by atoms with E-state index in [-0.39, 0.29) is 6.01 Å². The van der Waals surface area contributed by atoms with E-state index in [0.29, 0.717) is 17.1 Å². The number of rotatable bonds is 7. The molecule has 3 aromatic heterocycles. The maximum atomic E-state index is 5.39. The molecule has 4 aromatic rings. The van der Waals surface area contributed by atoms with E-state index < -0.39 is 0 Å². The van der Waals surface area contributed by atoms with Crippen molar-refractivity contribution in [2.24, 2.45) is 0 Å². The molecular weight excluding hydrogens is 394 g/mol. The third kappa shape index (κ3) is 4.32. The lowest BCUT2D eigenvalue weighted by Gasteiger charge is -2.11. The van der Waals surface area contributed by atoms with Gasteiger partial charge in [-0.1, -0.05) is 12.1 Å². The average Bonchev–Trinajstić information content (AvgIpc) is 3.27. The molecule has 0 atom stereocenters. The highest BCUT2D eigenvalue weighted by molar-refractivity contribution is 5.66. The van der Waals surface area contributed by atoms with Crippen molar-refractivity contribution in [2.45, 2.75) is 13.3 Å². The van der Waals surface area contributed by atoms with Gasteiger partial charge in [0.15, 0.2) is 0 Å². The molecule has 0 saturated carbocycles. The zero-order valence-corrected chi connectivity index (χ0v) is 17.9. The van der Waals surface area contributed by atoms with Crippen LogP contribution >= 0.6 is 0 Å². The fourth-order valence-electron chi connectivity index (χ4n) is 3.29. The summed E-state index contributed by atoms with van der Waals surface area (Å²) in [4.78, 5) is 8.41. The van der Waals surface area contributed by atoms with Crippen LogP contribution in [0.3, 0.4) is 0 Å². The fourth-order valence-corrected chi connectivity index (χ4v) is 3.29. The fraction of sp³-hybridized carbons (Fsp3) is 0.217. The van der Waals surface area contributed by atoms with Crippen LogP contribution in [-0.4, -0.2) is 46.1 Å². The van der Waals surface area contributed by atoms with Crippen LogP contribution in [-0.2, 0) is 6.42 Å². The van der Waals surface area contributed by atoms with Crippen LogP contribution < -0.4 is 14.2 Å². The molecule has 158 valence electrons. The van der Waals surface area contributed by atoms with Crippen molar-refractivity contribution in [3.05, 3.63) is 71.8 Å². The first-order valence-corrected chi connectivity index (χ1v) is 9.71. The summed E-state index contributed by atoms with van der Waals surface area (Å²) in [5.41, 5.74) is 5.39. The minimum atomic E-state index is 0.231. The summed E-state index contributed by atoms with van der Waals surface area (Å²) in [7, 11) is 4.72. The number of aryl methyl sites for hydroxylation is 1. The van der Waals surface area contributed by atoms with Gasteiger partial charge in [0.05, 0.1) is 38.3 Å². The molecule has 0 unspecified atom stereocenters. The van der Waals surface area contributed by atoms with Crippen molar-refractivity contribution < 1.29 is 14.2 Å². The predicted octanol–water partition coefficient (Wildman–Crippen LogP) is 3.65. The second kappa shape index (κ2) is 8.83. The minimum absolute atomic E-state index is 0.231. The number of hydrogen-bond acceptors (Lipinski definition) is 7. The Morgan fingerprint density at radius 1 is 0.903 bits per heavy atom. The molecule has 3 heterocycles. The summed E-state index contributed by atoms with van der Waals surface area (Å²) in [5, 5.41) is 8.65. The van der Waals surface area contributed by atoms with Crippen molar-refractivity contribution in [2.75, 3.05) is 21.3 Å². The molecule has 0 radical (unpaired) electrons. The van der Waals surface area contributed by atoms with E-state index in [1.54, 1.807) is 20.4 Å². The highest BCUT2D eigenvalue weighted by Gasteiger charge is 2.15. The molecule has 0 amide bonds. The van der Waals surface area contributed by atoms with Gasteiger partial charge >= 0.3 is 6.01 Å². The molecule has 8 nitrogen and oxygen atoms in total. The lowest BCUT2D eigenvalue weighted by Crippen LogP contribution is -2.03.